The van der Waals surface area contributed by atoms with Gasteiger partial charge in [-0.2, -0.15) is 0 Å². The summed E-state index contributed by atoms with van der Waals surface area (Å²) in [6, 6.07) is 6.58. The molecule has 0 bridgehead atoms. The van der Waals surface area contributed by atoms with Gasteiger partial charge in [0, 0.05) is 23.4 Å². The molecule has 3 rings (SSSR count). The minimum Gasteiger partial charge on any atom is -0.478 e. The zero-order chi connectivity index (χ0) is 18.2. The molecule has 1 aromatic heterocycles. The number of aliphatic carboxylic acids is 1. The zero-order valence-corrected chi connectivity index (χ0v) is 15.4. The minimum atomic E-state index is -0.898. The molecule has 1 aromatic carbocycles. The maximum atomic E-state index is 10.7. The molecule has 0 spiro atoms. The summed E-state index contributed by atoms with van der Waals surface area (Å²) >= 11 is 0. The molecule has 1 N–H and O–H groups in total. The van der Waals surface area contributed by atoms with Crippen molar-refractivity contribution in [3.05, 3.63) is 58.9 Å². The molecule has 3 heteroatoms. The van der Waals surface area contributed by atoms with Crippen molar-refractivity contribution in [1.82, 2.24) is 0 Å². The molecule has 3 nitrogen and oxygen atoms in total. The fourth-order valence-electron chi connectivity index (χ4n) is 3.75. The molecule has 1 aliphatic carbocycles. The summed E-state index contributed by atoms with van der Waals surface area (Å²) in [5.41, 5.74) is 4.55. The number of carboxylic acids is 1. The van der Waals surface area contributed by atoms with Crippen LogP contribution in [0.15, 0.2) is 46.4 Å². The zero-order valence-electron chi connectivity index (χ0n) is 15.4. The number of benzene rings is 1. The van der Waals surface area contributed by atoms with Crippen LogP contribution in [0.1, 0.15) is 51.0 Å². The highest BCUT2D eigenvalue weighted by Gasteiger charge is 2.49. The Morgan fingerprint density at radius 2 is 2.12 bits per heavy atom. The van der Waals surface area contributed by atoms with Crippen LogP contribution in [0.3, 0.4) is 0 Å². The Morgan fingerprint density at radius 1 is 1.36 bits per heavy atom. The molecule has 1 aliphatic rings. The van der Waals surface area contributed by atoms with Gasteiger partial charge in [0.2, 0.25) is 0 Å². The van der Waals surface area contributed by atoms with E-state index in [4.69, 9.17) is 9.52 Å². The fourth-order valence-corrected chi connectivity index (χ4v) is 3.75. The van der Waals surface area contributed by atoms with Crippen LogP contribution in [-0.2, 0) is 23.1 Å². The van der Waals surface area contributed by atoms with Gasteiger partial charge in [-0.15, -0.1) is 0 Å². The summed E-state index contributed by atoms with van der Waals surface area (Å²) in [7, 11) is 0. The molecule has 25 heavy (non-hydrogen) atoms. The van der Waals surface area contributed by atoms with E-state index < -0.39 is 5.97 Å². The molecule has 0 aliphatic heterocycles. The number of rotatable bonds is 6. The van der Waals surface area contributed by atoms with Crippen molar-refractivity contribution in [2.45, 2.75) is 52.4 Å². The van der Waals surface area contributed by atoms with Gasteiger partial charge in [-0.3, -0.25) is 0 Å². The maximum Gasteiger partial charge on any atom is 0.328 e. The highest BCUT2D eigenvalue weighted by molar-refractivity contribution is 5.83. The molecule has 132 valence electrons. The topological polar surface area (TPSA) is 50.4 Å². The fraction of sp³-hybridized carbons (Fsp3) is 0.409. The first-order valence-corrected chi connectivity index (χ1v) is 9.03. The standard InChI is InChI=1S/C22H26O3/c1-5-17-18-12-15(9-10-20(18)25-19(17)6-2)22(4)13-16(22)8-7-14(3)11-21(23)24/h7-12,16H,5-6,13H2,1-4H3,(H,23,24)/b8-7+,14-11+/t16-,22-/m1/s1. The highest BCUT2D eigenvalue weighted by Crippen LogP contribution is 2.55. The number of furan rings is 1. The van der Waals surface area contributed by atoms with Crippen molar-refractivity contribution >= 4 is 16.9 Å². The number of fused-ring (bicyclic) bond motifs is 1. The first-order chi connectivity index (χ1) is 11.9. The van der Waals surface area contributed by atoms with Crippen LogP contribution in [-0.4, -0.2) is 11.1 Å². The van der Waals surface area contributed by atoms with Gasteiger partial charge < -0.3 is 9.52 Å². The molecular weight excluding hydrogens is 312 g/mol. The third kappa shape index (κ3) is 3.28. The van der Waals surface area contributed by atoms with Gasteiger partial charge in [0.1, 0.15) is 11.3 Å². The number of hydrogen-bond acceptors (Lipinski definition) is 2. The average Bonchev–Trinajstić information content (AvgIpc) is 3.10. The van der Waals surface area contributed by atoms with Gasteiger partial charge >= 0.3 is 5.97 Å². The lowest BCUT2D eigenvalue weighted by molar-refractivity contribution is -0.131. The maximum absolute atomic E-state index is 10.7. The van der Waals surface area contributed by atoms with Gasteiger partial charge in [0.15, 0.2) is 0 Å². The molecular formula is C22H26O3. The second kappa shape index (κ2) is 6.55. The third-order valence-corrected chi connectivity index (χ3v) is 5.45. The van der Waals surface area contributed by atoms with Gasteiger partial charge in [0.25, 0.3) is 0 Å². The lowest BCUT2D eigenvalue weighted by Gasteiger charge is -2.11. The predicted octanol–water partition coefficient (Wildman–Crippen LogP) is 5.42. The van der Waals surface area contributed by atoms with Crippen LogP contribution in [0, 0.1) is 5.92 Å². The molecule has 0 saturated heterocycles. The number of allylic oxidation sites excluding steroid dienone is 3. The molecule has 0 unspecified atom stereocenters. The monoisotopic (exact) mass is 338 g/mol. The first kappa shape index (κ1) is 17.5. The quantitative estimate of drug-likeness (QED) is 0.565. The molecule has 0 amide bonds. The van der Waals surface area contributed by atoms with E-state index in [9.17, 15) is 4.79 Å². The summed E-state index contributed by atoms with van der Waals surface area (Å²) < 4.78 is 5.99. The molecule has 1 fully saturated rings. The summed E-state index contributed by atoms with van der Waals surface area (Å²) in [6.45, 7) is 8.42. The number of carbonyl (C=O) groups is 1. The van der Waals surface area contributed by atoms with Crippen molar-refractivity contribution < 1.29 is 14.3 Å². The Kier molecular flexibility index (Phi) is 4.59. The van der Waals surface area contributed by atoms with Crippen molar-refractivity contribution in [2.75, 3.05) is 0 Å². The minimum absolute atomic E-state index is 0.128. The van der Waals surface area contributed by atoms with Crippen LogP contribution in [0.4, 0.5) is 0 Å². The van der Waals surface area contributed by atoms with E-state index in [2.05, 4.69) is 45.0 Å². The van der Waals surface area contributed by atoms with E-state index in [1.807, 2.05) is 13.0 Å². The van der Waals surface area contributed by atoms with E-state index in [0.29, 0.717) is 5.92 Å². The van der Waals surface area contributed by atoms with E-state index in [-0.39, 0.29) is 5.41 Å². The highest BCUT2D eigenvalue weighted by atomic mass is 16.4. The Hall–Kier alpha value is -2.29. The van der Waals surface area contributed by atoms with Gasteiger partial charge in [-0.25, -0.2) is 4.79 Å². The largest absolute Gasteiger partial charge is 0.478 e. The van der Waals surface area contributed by atoms with Gasteiger partial charge in [-0.05, 0) is 54.4 Å². The van der Waals surface area contributed by atoms with Crippen LogP contribution >= 0.6 is 0 Å². The van der Waals surface area contributed by atoms with Gasteiger partial charge in [0.05, 0.1) is 0 Å². The smallest absolute Gasteiger partial charge is 0.328 e. The lowest BCUT2D eigenvalue weighted by Crippen LogP contribution is -2.03. The van der Waals surface area contributed by atoms with Crippen LogP contribution in [0.5, 0.6) is 0 Å². The average molecular weight is 338 g/mol. The van der Waals surface area contributed by atoms with E-state index in [1.165, 1.54) is 22.6 Å². The summed E-state index contributed by atoms with van der Waals surface area (Å²) in [5, 5.41) is 10.0. The van der Waals surface area contributed by atoms with E-state index >= 15 is 0 Å². The third-order valence-electron chi connectivity index (χ3n) is 5.45. The van der Waals surface area contributed by atoms with Crippen molar-refractivity contribution in [1.29, 1.82) is 0 Å². The molecule has 2 atom stereocenters. The Balaban J connectivity index is 1.87. The summed E-state index contributed by atoms with van der Waals surface area (Å²) in [6.07, 6.45) is 8.31. The number of hydrogen-bond donors (Lipinski definition) is 1. The van der Waals surface area contributed by atoms with Gasteiger partial charge in [-0.1, -0.05) is 39.0 Å². The van der Waals surface area contributed by atoms with Crippen molar-refractivity contribution in [3.63, 3.8) is 0 Å². The summed E-state index contributed by atoms with van der Waals surface area (Å²) in [5.74, 6) is 0.649. The normalized spacial score (nSPS) is 23.5. The molecule has 2 aromatic rings. The number of aryl methyl sites for hydroxylation is 2. The van der Waals surface area contributed by atoms with E-state index in [1.54, 1.807) is 0 Å². The van der Waals surface area contributed by atoms with Crippen LogP contribution in [0.25, 0.3) is 11.0 Å². The molecule has 0 radical (unpaired) electrons. The van der Waals surface area contributed by atoms with Crippen molar-refractivity contribution in [3.8, 4) is 0 Å². The van der Waals surface area contributed by atoms with Crippen LogP contribution < -0.4 is 0 Å². The van der Waals surface area contributed by atoms with Crippen molar-refractivity contribution in [2.24, 2.45) is 5.92 Å². The number of carboxylic acid groups (broad SMARTS) is 1. The Morgan fingerprint density at radius 3 is 2.76 bits per heavy atom. The second-order valence-electron chi connectivity index (χ2n) is 7.24. The SMILES string of the molecule is CCc1oc2ccc([C@@]3(C)C[C@H]3/C=C/C(C)=C/C(=O)O)cc2c1CC. The van der Waals surface area contributed by atoms with E-state index in [0.717, 1.165) is 36.2 Å². The molecule has 1 saturated carbocycles. The Bertz CT molecular complexity index is 869. The van der Waals surface area contributed by atoms with Crippen LogP contribution in [0.2, 0.25) is 0 Å². The second-order valence-corrected chi connectivity index (χ2v) is 7.24. The predicted molar refractivity (Wildman–Crippen MR) is 101 cm³/mol. The summed E-state index contributed by atoms with van der Waals surface area (Å²) in [4.78, 5) is 10.7. The molecule has 1 heterocycles. The lowest BCUT2D eigenvalue weighted by atomic mass is 9.93. The first-order valence-electron chi connectivity index (χ1n) is 9.03. The Labute approximate surface area is 149 Å².